The van der Waals surface area contributed by atoms with Crippen molar-refractivity contribution in [3.8, 4) is 0 Å². The van der Waals surface area contributed by atoms with Crippen LogP contribution in [-0.4, -0.2) is 47.7 Å². The molecule has 4 atom stereocenters. The first kappa shape index (κ1) is 10.2. The first-order valence-corrected chi connectivity index (χ1v) is 4.25. The molecule has 0 saturated carbocycles. The minimum Gasteiger partial charge on any atom is -0.363 e. The van der Waals surface area contributed by atoms with E-state index in [4.69, 9.17) is 4.74 Å². The van der Waals surface area contributed by atoms with Crippen molar-refractivity contribution < 1.29 is 24.1 Å². The molecule has 4 unspecified atom stereocenters. The van der Waals surface area contributed by atoms with Crippen LogP contribution in [0.4, 0.5) is 0 Å². The van der Waals surface area contributed by atoms with Crippen molar-refractivity contribution in [3.63, 3.8) is 0 Å². The molecule has 2 rings (SSSR count). The van der Waals surface area contributed by atoms with E-state index in [1.807, 2.05) is 0 Å². The van der Waals surface area contributed by atoms with Crippen LogP contribution in [0.2, 0.25) is 0 Å². The lowest BCUT2D eigenvalue weighted by Crippen LogP contribution is -2.39. The van der Waals surface area contributed by atoms with Gasteiger partial charge in [-0.05, 0) is 0 Å². The van der Waals surface area contributed by atoms with E-state index in [1.165, 1.54) is 0 Å². The lowest BCUT2D eigenvalue weighted by molar-refractivity contribution is -0.649. The highest BCUT2D eigenvalue weighted by Gasteiger charge is 2.51. The number of hydrogen-bond acceptors (Lipinski definition) is 7. The lowest BCUT2D eigenvalue weighted by Gasteiger charge is -2.10. The second-order valence-electron chi connectivity index (χ2n) is 3.23. The molecule has 0 aromatic carbocycles. The van der Waals surface area contributed by atoms with Crippen LogP contribution in [0.3, 0.4) is 0 Å². The van der Waals surface area contributed by atoms with Crippen molar-refractivity contribution in [1.29, 1.82) is 0 Å². The number of epoxide rings is 2. The van der Waals surface area contributed by atoms with Crippen LogP contribution in [-0.2, 0) is 14.2 Å². The Morgan fingerprint density at radius 3 is 1.60 bits per heavy atom. The highest BCUT2D eigenvalue weighted by molar-refractivity contribution is 4.77. The van der Waals surface area contributed by atoms with Gasteiger partial charge in [-0.3, -0.25) is 20.2 Å². The smallest absolute Gasteiger partial charge is 0.349 e. The quantitative estimate of drug-likeness (QED) is 0.243. The highest BCUT2D eigenvalue weighted by atomic mass is 16.7. The molecule has 2 heterocycles. The molecule has 84 valence electrons. The van der Waals surface area contributed by atoms with Gasteiger partial charge >= 0.3 is 12.5 Å². The first-order valence-electron chi connectivity index (χ1n) is 4.25. The first-order chi connectivity index (χ1) is 7.09. The fourth-order valence-corrected chi connectivity index (χ4v) is 1.13. The SMILES string of the molecule is O=[N+]([O-])C(OC(C1CO1)[N+](=O)[O-])C1CO1. The average molecular weight is 220 g/mol. The Balaban J connectivity index is 1.96. The number of ether oxygens (including phenoxy) is 3. The van der Waals surface area contributed by atoms with Crippen molar-refractivity contribution in [2.24, 2.45) is 0 Å². The van der Waals surface area contributed by atoms with E-state index in [9.17, 15) is 20.2 Å². The zero-order valence-electron chi connectivity index (χ0n) is 7.48. The Labute approximate surface area is 83.2 Å². The Bertz CT molecular complexity index is 259. The van der Waals surface area contributed by atoms with Gasteiger partial charge in [0.05, 0.1) is 23.1 Å². The van der Waals surface area contributed by atoms with Crippen LogP contribution in [0.1, 0.15) is 0 Å². The summed E-state index contributed by atoms with van der Waals surface area (Å²) in [5.74, 6) is 0. The van der Waals surface area contributed by atoms with Crippen molar-refractivity contribution in [3.05, 3.63) is 20.2 Å². The summed E-state index contributed by atoms with van der Waals surface area (Å²) in [5.41, 5.74) is 0. The molecule has 0 amide bonds. The van der Waals surface area contributed by atoms with E-state index >= 15 is 0 Å². The van der Waals surface area contributed by atoms with Gasteiger partial charge in [-0.15, -0.1) is 0 Å². The predicted molar refractivity (Wildman–Crippen MR) is 42.1 cm³/mol. The second kappa shape index (κ2) is 3.68. The summed E-state index contributed by atoms with van der Waals surface area (Å²) in [6, 6.07) is 0. The molecular formula is C6H8N2O7. The van der Waals surface area contributed by atoms with Gasteiger partial charge in [-0.2, -0.15) is 0 Å². The lowest BCUT2D eigenvalue weighted by atomic mass is 10.4. The van der Waals surface area contributed by atoms with Gasteiger partial charge in [0, 0.05) is 0 Å². The predicted octanol–water partition coefficient (Wildman–Crippen LogP) is -0.994. The summed E-state index contributed by atoms with van der Waals surface area (Å²) >= 11 is 0. The van der Waals surface area contributed by atoms with Gasteiger partial charge in [0.1, 0.15) is 0 Å². The van der Waals surface area contributed by atoms with Crippen LogP contribution in [0.25, 0.3) is 0 Å². The maximum absolute atomic E-state index is 10.5. The summed E-state index contributed by atoms with van der Waals surface area (Å²) < 4.78 is 14.1. The molecule has 2 saturated heterocycles. The Hall–Kier alpha value is -1.32. The minimum atomic E-state index is -1.48. The van der Waals surface area contributed by atoms with E-state index in [0.717, 1.165) is 0 Å². The zero-order chi connectivity index (χ0) is 11.0. The summed E-state index contributed by atoms with van der Waals surface area (Å²) in [4.78, 5) is 19.6. The van der Waals surface area contributed by atoms with Gasteiger partial charge in [0.25, 0.3) is 0 Å². The van der Waals surface area contributed by atoms with Crippen LogP contribution in [0, 0.1) is 20.2 Å². The third-order valence-corrected chi connectivity index (χ3v) is 2.05. The highest BCUT2D eigenvalue weighted by Crippen LogP contribution is 2.24. The van der Waals surface area contributed by atoms with E-state index in [-0.39, 0.29) is 13.2 Å². The number of rotatable bonds is 6. The van der Waals surface area contributed by atoms with Crippen LogP contribution >= 0.6 is 0 Å². The van der Waals surface area contributed by atoms with E-state index in [2.05, 4.69) is 9.47 Å². The molecule has 9 heteroatoms. The average Bonchev–Trinajstić information content (AvgIpc) is 2.99. The second-order valence-corrected chi connectivity index (χ2v) is 3.23. The fourth-order valence-electron chi connectivity index (χ4n) is 1.13. The van der Waals surface area contributed by atoms with Crippen LogP contribution in [0.5, 0.6) is 0 Å². The molecule has 0 aliphatic carbocycles. The molecule has 0 bridgehead atoms. The van der Waals surface area contributed by atoms with Crippen molar-refractivity contribution in [2.75, 3.05) is 13.2 Å². The molecular weight excluding hydrogens is 212 g/mol. The van der Waals surface area contributed by atoms with Gasteiger partial charge in [-0.1, -0.05) is 0 Å². The van der Waals surface area contributed by atoms with Crippen molar-refractivity contribution >= 4 is 0 Å². The molecule has 2 aliphatic heterocycles. The Morgan fingerprint density at radius 2 is 1.40 bits per heavy atom. The topological polar surface area (TPSA) is 121 Å². The molecule has 0 radical (unpaired) electrons. The Morgan fingerprint density at radius 1 is 1.07 bits per heavy atom. The molecule has 0 aromatic rings. The summed E-state index contributed by atoms with van der Waals surface area (Å²) in [7, 11) is 0. The summed E-state index contributed by atoms with van der Waals surface area (Å²) in [6.45, 7) is 0.392. The molecule has 15 heavy (non-hydrogen) atoms. The maximum Gasteiger partial charge on any atom is 0.349 e. The van der Waals surface area contributed by atoms with Crippen LogP contribution < -0.4 is 0 Å². The summed E-state index contributed by atoms with van der Waals surface area (Å²) in [6.07, 6.45) is -4.32. The van der Waals surface area contributed by atoms with Gasteiger partial charge < -0.3 is 9.47 Å². The largest absolute Gasteiger partial charge is 0.363 e. The Kier molecular flexibility index (Phi) is 2.50. The van der Waals surface area contributed by atoms with E-state index < -0.39 is 34.5 Å². The van der Waals surface area contributed by atoms with E-state index in [0.29, 0.717) is 0 Å². The third-order valence-electron chi connectivity index (χ3n) is 2.05. The fraction of sp³-hybridized carbons (Fsp3) is 1.00. The zero-order valence-corrected chi connectivity index (χ0v) is 7.48. The molecule has 9 nitrogen and oxygen atoms in total. The molecule has 0 spiro atoms. The van der Waals surface area contributed by atoms with E-state index in [1.54, 1.807) is 0 Å². The molecule has 2 fully saturated rings. The van der Waals surface area contributed by atoms with Crippen molar-refractivity contribution in [2.45, 2.75) is 24.7 Å². The molecule has 2 aliphatic rings. The van der Waals surface area contributed by atoms with Gasteiger partial charge in [0.15, 0.2) is 12.2 Å². The minimum absolute atomic E-state index is 0.196. The number of nitro groups is 2. The standard InChI is InChI=1S/C6H8N2O7/c9-7(10)5(3-1-13-3)15-6(8(11)12)4-2-14-4/h3-6H,1-2H2. The van der Waals surface area contributed by atoms with Crippen molar-refractivity contribution in [1.82, 2.24) is 0 Å². The summed E-state index contributed by atoms with van der Waals surface area (Å²) in [5, 5.41) is 21.0. The number of hydrogen-bond donors (Lipinski definition) is 0. The normalized spacial score (nSPS) is 31.7. The molecule has 0 N–H and O–H groups in total. The third kappa shape index (κ3) is 2.37. The van der Waals surface area contributed by atoms with Gasteiger partial charge in [0.2, 0.25) is 0 Å². The van der Waals surface area contributed by atoms with Crippen LogP contribution in [0.15, 0.2) is 0 Å². The molecule has 0 aromatic heterocycles. The monoisotopic (exact) mass is 220 g/mol. The van der Waals surface area contributed by atoms with Gasteiger partial charge in [-0.25, -0.2) is 4.74 Å². The maximum atomic E-state index is 10.5. The number of nitrogens with zero attached hydrogens (tertiary/aromatic N) is 2.